The summed E-state index contributed by atoms with van der Waals surface area (Å²) in [6.07, 6.45) is 2.71. The third-order valence-corrected chi connectivity index (χ3v) is 5.64. The number of rotatable bonds is 7. The molecular formula is C13H25NO4S. The molecule has 19 heavy (non-hydrogen) atoms. The van der Waals surface area contributed by atoms with Crippen molar-refractivity contribution in [2.45, 2.75) is 38.3 Å². The molecule has 0 aromatic carbocycles. The van der Waals surface area contributed by atoms with E-state index in [0.29, 0.717) is 19.1 Å². The lowest BCUT2D eigenvalue weighted by atomic mass is 10.0. The first-order valence-electron chi connectivity index (χ1n) is 7.24. The lowest BCUT2D eigenvalue weighted by Gasteiger charge is -2.23. The van der Waals surface area contributed by atoms with Crippen LogP contribution in [-0.4, -0.2) is 58.4 Å². The Labute approximate surface area is 116 Å². The lowest BCUT2D eigenvalue weighted by Crippen LogP contribution is -2.43. The molecule has 0 saturated carbocycles. The Morgan fingerprint density at radius 1 is 1.32 bits per heavy atom. The van der Waals surface area contributed by atoms with Gasteiger partial charge in [0.25, 0.3) is 0 Å². The zero-order valence-corrected chi connectivity index (χ0v) is 12.5. The Balaban J connectivity index is 1.90. The van der Waals surface area contributed by atoms with E-state index in [1.165, 1.54) is 0 Å². The molecule has 6 heteroatoms. The predicted molar refractivity (Wildman–Crippen MR) is 74.0 cm³/mol. The van der Waals surface area contributed by atoms with E-state index < -0.39 is 9.84 Å². The van der Waals surface area contributed by atoms with Crippen LogP contribution in [0.25, 0.3) is 0 Å². The highest BCUT2D eigenvalue weighted by Gasteiger charge is 2.31. The second-order valence-corrected chi connectivity index (χ2v) is 7.65. The molecule has 0 amide bonds. The van der Waals surface area contributed by atoms with Crippen LogP contribution in [0.2, 0.25) is 0 Å². The van der Waals surface area contributed by atoms with E-state index in [2.05, 4.69) is 5.32 Å². The van der Waals surface area contributed by atoms with Crippen molar-refractivity contribution >= 4 is 9.84 Å². The third-order valence-electron chi connectivity index (χ3n) is 3.90. The van der Waals surface area contributed by atoms with Crippen molar-refractivity contribution < 1.29 is 17.9 Å². The van der Waals surface area contributed by atoms with Crippen molar-refractivity contribution in [1.29, 1.82) is 0 Å². The largest absolute Gasteiger partial charge is 0.381 e. The summed E-state index contributed by atoms with van der Waals surface area (Å²) in [5.74, 6) is 0.691. The van der Waals surface area contributed by atoms with Gasteiger partial charge in [-0.25, -0.2) is 8.42 Å². The van der Waals surface area contributed by atoms with Crippen LogP contribution in [0.4, 0.5) is 0 Å². The molecule has 5 nitrogen and oxygen atoms in total. The molecule has 3 unspecified atom stereocenters. The summed E-state index contributed by atoms with van der Waals surface area (Å²) in [5.41, 5.74) is 0. The molecule has 0 aromatic heterocycles. The van der Waals surface area contributed by atoms with E-state index in [1.54, 1.807) is 0 Å². The normalized spacial score (nSPS) is 29.7. The Morgan fingerprint density at radius 3 is 2.74 bits per heavy atom. The molecule has 2 rings (SSSR count). The summed E-state index contributed by atoms with van der Waals surface area (Å²) in [4.78, 5) is 0. The summed E-state index contributed by atoms with van der Waals surface area (Å²) in [5, 5.41) is 3.31. The topological polar surface area (TPSA) is 64.6 Å². The molecule has 2 heterocycles. The molecule has 0 aliphatic carbocycles. The van der Waals surface area contributed by atoms with Crippen LogP contribution in [0.3, 0.4) is 0 Å². The van der Waals surface area contributed by atoms with Crippen molar-refractivity contribution in [3.05, 3.63) is 0 Å². The summed E-state index contributed by atoms with van der Waals surface area (Å²) in [7, 11) is -3.07. The Kier molecular flexibility index (Phi) is 5.62. The van der Waals surface area contributed by atoms with Gasteiger partial charge < -0.3 is 14.8 Å². The van der Waals surface area contributed by atoms with Gasteiger partial charge in [-0.1, -0.05) is 6.92 Å². The van der Waals surface area contributed by atoms with E-state index in [9.17, 15) is 8.42 Å². The van der Waals surface area contributed by atoms with Gasteiger partial charge in [0.1, 0.15) is 0 Å². The Morgan fingerprint density at radius 2 is 2.16 bits per heavy atom. The molecule has 0 bridgehead atoms. The summed E-state index contributed by atoms with van der Waals surface area (Å²) < 4.78 is 35.3. The van der Waals surface area contributed by atoms with Crippen LogP contribution in [0, 0.1) is 5.92 Å². The first-order valence-corrected chi connectivity index (χ1v) is 9.06. The van der Waals surface area contributed by atoms with Crippen LogP contribution in [0.5, 0.6) is 0 Å². The number of ether oxygens (including phenoxy) is 2. The molecule has 112 valence electrons. The molecular weight excluding hydrogens is 266 g/mol. The predicted octanol–water partition coefficient (Wildman–Crippen LogP) is 0.595. The quantitative estimate of drug-likeness (QED) is 0.744. The fourth-order valence-corrected chi connectivity index (χ4v) is 4.80. The first kappa shape index (κ1) is 15.2. The van der Waals surface area contributed by atoms with E-state index >= 15 is 0 Å². The van der Waals surface area contributed by atoms with Gasteiger partial charge in [-0.3, -0.25) is 0 Å². The highest BCUT2D eigenvalue weighted by molar-refractivity contribution is 7.91. The van der Waals surface area contributed by atoms with E-state index in [-0.39, 0.29) is 23.7 Å². The van der Waals surface area contributed by atoms with Crippen LogP contribution in [-0.2, 0) is 19.3 Å². The monoisotopic (exact) mass is 291 g/mol. The fourth-order valence-electron chi connectivity index (χ4n) is 2.89. The lowest BCUT2D eigenvalue weighted by molar-refractivity contribution is 0.127. The summed E-state index contributed by atoms with van der Waals surface area (Å²) >= 11 is 0. The van der Waals surface area contributed by atoms with Crippen molar-refractivity contribution in [3.8, 4) is 0 Å². The highest BCUT2D eigenvalue weighted by atomic mass is 32.2. The van der Waals surface area contributed by atoms with Crippen LogP contribution >= 0.6 is 0 Å². The Hall–Kier alpha value is -0.170. The smallest absolute Gasteiger partial charge is 0.154 e. The minimum atomic E-state index is -3.07. The van der Waals surface area contributed by atoms with Gasteiger partial charge in [-0.15, -0.1) is 0 Å². The van der Waals surface area contributed by atoms with Crippen molar-refractivity contribution in [1.82, 2.24) is 5.32 Å². The van der Waals surface area contributed by atoms with Gasteiger partial charge in [-0.2, -0.15) is 0 Å². The zero-order valence-electron chi connectivity index (χ0n) is 11.6. The molecule has 2 aliphatic heterocycles. The van der Waals surface area contributed by atoms with Gasteiger partial charge in [0, 0.05) is 25.2 Å². The average Bonchev–Trinajstić information content (AvgIpc) is 2.99. The van der Waals surface area contributed by atoms with Crippen LogP contribution in [0.15, 0.2) is 0 Å². The number of nitrogens with one attached hydrogen (secondary N) is 1. The van der Waals surface area contributed by atoms with E-state index in [4.69, 9.17) is 9.47 Å². The maximum Gasteiger partial charge on any atom is 0.154 e. The van der Waals surface area contributed by atoms with Gasteiger partial charge in [0.05, 0.1) is 24.2 Å². The minimum absolute atomic E-state index is 0.0129. The number of hydrogen-bond donors (Lipinski definition) is 1. The van der Waals surface area contributed by atoms with E-state index in [1.807, 2.05) is 6.92 Å². The molecule has 0 spiro atoms. The van der Waals surface area contributed by atoms with Crippen molar-refractivity contribution in [2.24, 2.45) is 5.92 Å². The molecule has 0 aromatic rings. The number of sulfone groups is 1. The van der Waals surface area contributed by atoms with Crippen molar-refractivity contribution in [2.75, 3.05) is 37.9 Å². The molecule has 1 N–H and O–H groups in total. The molecule has 2 saturated heterocycles. The molecule has 0 radical (unpaired) electrons. The van der Waals surface area contributed by atoms with Gasteiger partial charge in [0.2, 0.25) is 0 Å². The maximum absolute atomic E-state index is 12.3. The second-order valence-electron chi connectivity index (χ2n) is 5.50. The first-order chi connectivity index (χ1) is 9.11. The summed E-state index contributed by atoms with van der Waals surface area (Å²) in [6, 6.07) is 0.0129. The van der Waals surface area contributed by atoms with Gasteiger partial charge in [-0.05, 0) is 25.8 Å². The average molecular weight is 291 g/mol. The van der Waals surface area contributed by atoms with Gasteiger partial charge in [0.15, 0.2) is 9.84 Å². The SMILES string of the molecule is CCNC(CS(=O)(=O)CC1CCCO1)C1CCOC1. The van der Waals surface area contributed by atoms with Crippen LogP contribution < -0.4 is 5.32 Å². The number of hydrogen-bond acceptors (Lipinski definition) is 5. The maximum atomic E-state index is 12.3. The second kappa shape index (κ2) is 7.02. The standard InChI is InChI=1S/C13H25NO4S/c1-2-14-13(11-5-7-17-8-11)10-19(15,16)9-12-4-3-6-18-12/h11-14H,2-10H2,1H3. The molecule has 3 atom stereocenters. The van der Waals surface area contributed by atoms with Crippen LogP contribution in [0.1, 0.15) is 26.2 Å². The Bertz CT molecular complexity index is 359. The summed E-state index contributed by atoms with van der Waals surface area (Å²) in [6.45, 7) is 4.92. The fraction of sp³-hybridized carbons (Fsp3) is 1.00. The third kappa shape index (κ3) is 4.70. The minimum Gasteiger partial charge on any atom is -0.381 e. The van der Waals surface area contributed by atoms with E-state index in [0.717, 1.165) is 32.4 Å². The van der Waals surface area contributed by atoms with Gasteiger partial charge >= 0.3 is 0 Å². The molecule has 2 aliphatic rings. The van der Waals surface area contributed by atoms with Crippen molar-refractivity contribution in [3.63, 3.8) is 0 Å². The zero-order chi connectivity index (χ0) is 13.7. The molecule has 2 fully saturated rings. The highest BCUT2D eigenvalue weighted by Crippen LogP contribution is 2.20.